The number of nitrogens with one attached hydrogen (secondary N) is 2. The van der Waals surface area contributed by atoms with Crippen LogP contribution < -0.4 is 10.6 Å². The first-order valence-corrected chi connectivity index (χ1v) is 4.41. The van der Waals surface area contributed by atoms with Gasteiger partial charge in [-0.3, -0.25) is 0 Å². The van der Waals surface area contributed by atoms with Crippen LogP contribution in [0.15, 0.2) is 24.3 Å². The van der Waals surface area contributed by atoms with Gasteiger partial charge in [0.1, 0.15) is 0 Å². The van der Waals surface area contributed by atoms with Gasteiger partial charge in [0, 0.05) is 18.3 Å². The van der Waals surface area contributed by atoms with Crippen molar-refractivity contribution in [1.82, 2.24) is 5.32 Å². The fraction of sp³-hybridized carbons (Fsp3) is 0.300. The summed E-state index contributed by atoms with van der Waals surface area (Å²) < 4.78 is 0. The van der Waals surface area contributed by atoms with Gasteiger partial charge in [-0.1, -0.05) is 18.2 Å². The van der Waals surface area contributed by atoms with Crippen molar-refractivity contribution in [2.45, 2.75) is 13.0 Å². The molecule has 1 unspecified atom stereocenters. The number of benzene rings is 1. The topological polar surface area (TPSA) is 61.4 Å². The second kappa shape index (κ2) is 4.62. The van der Waals surface area contributed by atoms with Crippen molar-refractivity contribution < 1.29 is 9.90 Å². The van der Waals surface area contributed by atoms with Crippen LogP contribution in [0, 0.1) is 0 Å². The van der Waals surface area contributed by atoms with E-state index in [-0.39, 0.29) is 6.03 Å². The Morgan fingerprint density at radius 2 is 2.07 bits per heavy atom. The van der Waals surface area contributed by atoms with Crippen LogP contribution in [0.4, 0.5) is 10.5 Å². The zero-order chi connectivity index (χ0) is 10.6. The van der Waals surface area contributed by atoms with E-state index in [2.05, 4.69) is 10.6 Å². The molecular weight excluding hydrogens is 180 g/mol. The molecule has 0 aliphatic heterocycles. The first-order chi connectivity index (χ1) is 6.65. The van der Waals surface area contributed by atoms with E-state index in [1.165, 1.54) is 0 Å². The molecule has 2 amide bonds. The summed E-state index contributed by atoms with van der Waals surface area (Å²) in [7, 11) is 1.54. The average molecular weight is 194 g/mol. The lowest BCUT2D eigenvalue weighted by molar-refractivity contribution is 0.200. The van der Waals surface area contributed by atoms with E-state index in [9.17, 15) is 9.90 Å². The van der Waals surface area contributed by atoms with Crippen molar-refractivity contribution in [3.05, 3.63) is 29.8 Å². The number of urea groups is 1. The summed E-state index contributed by atoms with van der Waals surface area (Å²) in [5, 5.41) is 14.5. The van der Waals surface area contributed by atoms with E-state index in [1.807, 2.05) is 6.07 Å². The van der Waals surface area contributed by atoms with Crippen molar-refractivity contribution in [2.75, 3.05) is 12.4 Å². The second-order valence-electron chi connectivity index (χ2n) is 2.97. The summed E-state index contributed by atoms with van der Waals surface area (Å²) >= 11 is 0. The Balaban J connectivity index is 2.90. The molecule has 0 aliphatic rings. The molecular formula is C10H14N2O2. The smallest absolute Gasteiger partial charge is 0.318 e. The number of aliphatic hydroxyl groups is 1. The monoisotopic (exact) mass is 194 g/mol. The predicted molar refractivity (Wildman–Crippen MR) is 55.2 cm³/mol. The molecule has 3 N–H and O–H groups in total. The van der Waals surface area contributed by atoms with E-state index < -0.39 is 6.10 Å². The van der Waals surface area contributed by atoms with Gasteiger partial charge in [-0.15, -0.1) is 0 Å². The minimum Gasteiger partial charge on any atom is -0.389 e. The van der Waals surface area contributed by atoms with Gasteiger partial charge in [-0.2, -0.15) is 0 Å². The molecule has 14 heavy (non-hydrogen) atoms. The number of carbonyl (C=O) groups excluding carboxylic acids is 1. The third kappa shape index (κ3) is 2.47. The maximum absolute atomic E-state index is 11.1. The number of amides is 2. The van der Waals surface area contributed by atoms with Crippen LogP contribution in [0.3, 0.4) is 0 Å². The summed E-state index contributed by atoms with van der Waals surface area (Å²) in [6.07, 6.45) is -0.594. The Morgan fingerprint density at radius 3 is 2.64 bits per heavy atom. The van der Waals surface area contributed by atoms with E-state index in [0.717, 1.165) is 0 Å². The normalized spacial score (nSPS) is 11.9. The van der Waals surface area contributed by atoms with E-state index >= 15 is 0 Å². The van der Waals surface area contributed by atoms with Crippen LogP contribution in [-0.2, 0) is 0 Å². The second-order valence-corrected chi connectivity index (χ2v) is 2.97. The highest BCUT2D eigenvalue weighted by Crippen LogP contribution is 2.21. The molecule has 0 saturated carbocycles. The molecule has 76 valence electrons. The number of anilines is 1. The number of hydrogen-bond acceptors (Lipinski definition) is 2. The molecule has 1 rings (SSSR count). The highest BCUT2D eigenvalue weighted by molar-refractivity contribution is 5.89. The highest BCUT2D eigenvalue weighted by atomic mass is 16.3. The number of hydrogen-bond donors (Lipinski definition) is 3. The van der Waals surface area contributed by atoms with Gasteiger partial charge in [0.25, 0.3) is 0 Å². The Bertz CT molecular complexity index is 324. The van der Waals surface area contributed by atoms with Crippen molar-refractivity contribution in [3.8, 4) is 0 Å². The average Bonchev–Trinajstić information content (AvgIpc) is 2.18. The molecule has 0 fully saturated rings. The number of rotatable bonds is 2. The predicted octanol–water partition coefficient (Wildman–Crippen LogP) is 1.49. The van der Waals surface area contributed by atoms with Gasteiger partial charge in [-0.25, -0.2) is 4.79 Å². The maximum atomic E-state index is 11.1. The first kappa shape index (κ1) is 10.5. The van der Waals surface area contributed by atoms with Crippen molar-refractivity contribution in [2.24, 2.45) is 0 Å². The minimum absolute atomic E-state index is 0.293. The number of para-hydroxylation sites is 1. The molecule has 1 atom stereocenters. The van der Waals surface area contributed by atoms with Gasteiger partial charge < -0.3 is 15.7 Å². The van der Waals surface area contributed by atoms with Gasteiger partial charge in [0.15, 0.2) is 0 Å². The number of carbonyl (C=O) groups is 1. The first-order valence-electron chi connectivity index (χ1n) is 4.41. The van der Waals surface area contributed by atoms with Crippen molar-refractivity contribution in [3.63, 3.8) is 0 Å². The van der Waals surface area contributed by atoms with Crippen LogP contribution in [0.1, 0.15) is 18.6 Å². The fourth-order valence-electron chi connectivity index (χ4n) is 1.16. The zero-order valence-corrected chi connectivity index (χ0v) is 8.24. The molecule has 0 aromatic heterocycles. The fourth-order valence-corrected chi connectivity index (χ4v) is 1.16. The van der Waals surface area contributed by atoms with Crippen LogP contribution in [0.5, 0.6) is 0 Å². The van der Waals surface area contributed by atoms with E-state index in [0.29, 0.717) is 11.3 Å². The molecule has 0 radical (unpaired) electrons. The number of aliphatic hydroxyl groups excluding tert-OH is 1. The Labute approximate surface area is 82.9 Å². The standard InChI is InChI=1S/C10H14N2O2/c1-7(13)8-5-3-4-6-9(8)12-10(14)11-2/h3-7,13H,1-2H3,(H2,11,12,14). The molecule has 0 spiro atoms. The third-order valence-corrected chi connectivity index (χ3v) is 1.89. The lowest BCUT2D eigenvalue weighted by atomic mass is 10.1. The lowest BCUT2D eigenvalue weighted by Gasteiger charge is -2.12. The van der Waals surface area contributed by atoms with Gasteiger partial charge in [0.2, 0.25) is 0 Å². The van der Waals surface area contributed by atoms with Crippen LogP contribution in [0.2, 0.25) is 0 Å². The van der Waals surface area contributed by atoms with Crippen molar-refractivity contribution >= 4 is 11.7 Å². The third-order valence-electron chi connectivity index (χ3n) is 1.89. The molecule has 0 saturated heterocycles. The molecule has 0 aliphatic carbocycles. The molecule has 0 heterocycles. The molecule has 0 bridgehead atoms. The van der Waals surface area contributed by atoms with Gasteiger partial charge >= 0.3 is 6.03 Å². The van der Waals surface area contributed by atoms with Crippen molar-refractivity contribution in [1.29, 1.82) is 0 Å². The summed E-state index contributed by atoms with van der Waals surface area (Å²) in [6.45, 7) is 1.66. The summed E-state index contributed by atoms with van der Waals surface area (Å²) in [6, 6.07) is 6.85. The summed E-state index contributed by atoms with van der Waals surface area (Å²) in [5.41, 5.74) is 1.33. The molecule has 1 aromatic carbocycles. The molecule has 4 heteroatoms. The Morgan fingerprint density at radius 1 is 1.43 bits per heavy atom. The summed E-state index contributed by atoms with van der Waals surface area (Å²) in [4.78, 5) is 11.1. The van der Waals surface area contributed by atoms with Crippen LogP contribution in [-0.4, -0.2) is 18.2 Å². The Hall–Kier alpha value is -1.55. The highest BCUT2D eigenvalue weighted by Gasteiger charge is 2.08. The zero-order valence-electron chi connectivity index (χ0n) is 8.24. The largest absolute Gasteiger partial charge is 0.389 e. The van der Waals surface area contributed by atoms with E-state index in [4.69, 9.17) is 0 Å². The Kier molecular flexibility index (Phi) is 3.48. The SMILES string of the molecule is CNC(=O)Nc1ccccc1C(C)O. The summed E-state index contributed by atoms with van der Waals surface area (Å²) in [5.74, 6) is 0. The van der Waals surface area contributed by atoms with Crippen LogP contribution in [0.25, 0.3) is 0 Å². The molecule has 1 aromatic rings. The van der Waals surface area contributed by atoms with E-state index in [1.54, 1.807) is 32.2 Å². The van der Waals surface area contributed by atoms with Gasteiger partial charge in [0.05, 0.1) is 6.10 Å². The van der Waals surface area contributed by atoms with Gasteiger partial charge in [-0.05, 0) is 13.0 Å². The minimum atomic E-state index is -0.594. The quantitative estimate of drug-likeness (QED) is 0.668. The maximum Gasteiger partial charge on any atom is 0.318 e. The van der Waals surface area contributed by atoms with Crippen LogP contribution >= 0.6 is 0 Å². The lowest BCUT2D eigenvalue weighted by Crippen LogP contribution is -2.25. The molecule has 4 nitrogen and oxygen atoms in total.